The van der Waals surface area contributed by atoms with E-state index in [9.17, 15) is 4.79 Å². The number of aliphatic imine (C=N–C) groups is 1. The average Bonchev–Trinajstić information content (AvgIpc) is 3.12. The first-order valence-electron chi connectivity index (χ1n) is 11.1. The van der Waals surface area contributed by atoms with Crippen LogP contribution in [0.25, 0.3) is 0 Å². The molecule has 0 spiro atoms. The first kappa shape index (κ1) is 21.0. The number of nitrogens with one attached hydrogen (secondary N) is 1. The number of guanidine groups is 1. The Balaban J connectivity index is 1.26. The molecule has 1 saturated heterocycles. The maximum absolute atomic E-state index is 12.4. The fraction of sp³-hybridized carbons (Fsp3) is 0.652. The van der Waals surface area contributed by atoms with Gasteiger partial charge in [0.1, 0.15) is 5.60 Å². The number of piperazine rings is 1. The summed E-state index contributed by atoms with van der Waals surface area (Å²) in [6, 6.07) is 9.44. The van der Waals surface area contributed by atoms with Crippen molar-refractivity contribution >= 4 is 12.1 Å². The second-order valence-electron chi connectivity index (χ2n) is 9.66. The Labute approximate surface area is 180 Å². The Kier molecular flexibility index (Phi) is 5.91. The quantitative estimate of drug-likeness (QED) is 0.824. The molecule has 2 atom stereocenters. The minimum absolute atomic E-state index is 0.220. The molecular weight excluding hydrogens is 378 g/mol. The number of amides is 1. The predicted molar refractivity (Wildman–Crippen MR) is 119 cm³/mol. The number of nitrogens with zero attached hydrogens (tertiary/aromatic N) is 4. The molecule has 1 N–H and O–H groups in total. The summed E-state index contributed by atoms with van der Waals surface area (Å²) in [6.07, 6.45) is 0.901. The number of carbonyl (C=O) groups excluding carboxylic acids is 1. The van der Waals surface area contributed by atoms with E-state index in [4.69, 9.17) is 9.73 Å². The van der Waals surface area contributed by atoms with E-state index in [-0.39, 0.29) is 12.1 Å². The predicted octanol–water partition coefficient (Wildman–Crippen LogP) is 2.31. The molecule has 1 amide bonds. The van der Waals surface area contributed by atoms with Crippen LogP contribution in [-0.4, -0.2) is 83.7 Å². The summed E-state index contributed by atoms with van der Waals surface area (Å²) < 4.78 is 5.53. The summed E-state index contributed by atoms with van der Waals surface area (Å²) in [5.74, 6) is 0.980. The Bertz CT molecular complexity index is 803. The zero-order valence-electron chi connectivity index (χ0n) is 18.7. The number of hydrogen-bond acceptors (Lipinski definition) is 6. The second-order valence-corrected chi connectivity index (χ2v) is 9.66. The maximum atomic E-state index is 12.4. The average molecular weight is 414 g/mol. The van der Waals surface area contributed by atoms with Gasteiger partial charge in [0.25, 0.3) is 0 Å². The number of hydrogen-bond donors (Lipinski definition) is 1. The molecule has 30 heavy (non-hydrogen) atoms. The van der Waals surface area contributed by atoms with Crippen molar-refractivity contribution in [2.24, 2.45) is 4.99 Å². The Morgan fingerprint density at radius 3 is 2.77 bits per heavy atom. The lowest BCUT2D eigenvalue weighted by atomic mass is 9.99. The minimum Gasteiger partial charge on any atom is -0.444 e. The smallest absolute Gasteiger partial charge is 0.410 e. The van der Waals surface area contributed by atoms with Gasteiger partial charge in [0.05, 0.1) is 12.6 Å². The van der Waals surface area contributed by atoms with Crippen LogP contribution in [0, 0.1) is 0 Å². The van der Waals surface area contributed by atoms with Crippen LogP contribution in [0.2, 0.25) is 0 Å². The summed E-state index contributed by atoms with van der Waals surface area (Å²) in [4.78, 5) is 23.8. The zero-order valence-corrected chi connectivity index (χ0v) is 18.7. The van der Waals surface area contributed by atoms with Crippen molar-refractivity contribution in [1.29, 1.82) is 0 Å². The molecule has 7 heteroatoms. The monoisotopic (exact) mass is 413 g/mol. The van der Waals surface area contributed by atoms with Gasteiger partial charge in [0.2, 0.25) is 0 Å². The van der Waals surface area contributed by atoms with Crippen LogP contribution in [0.5, 0.6) is 0 Å². The standard InChI is InChI=1S/C23H35N5O2/c1-17(26-10-9-18-7-5-6-8-19(18)15-26)13-24-21-25-14-20-16-27(11-12-28(20)21)22(29)30-23(2,3)4/h5-8,17,20H,9-16H2,1-4H3,(H,24,25). The van der Waals surface area contributed by atoms with E-state index in [1.165, 1.54) is 11.1 Å². The summed E-state index contributed by atoms with van der Waals surface area (Å²) in [5, 5.41) is 3.58. The van der Waals surface area contributed by atoms with Crippen LogP contribution in [0.1, 0.15) is 38.8 Å². The van der Waals surface area contributed by atoms with E-state index in [0.717, 1.165) is 45.1 Å². The highest BCUT2D eigenvalue weighted by molar-refractivity contribution is 5.82. The molecule has 0 radical (unpaired) electrons. The van der Waals surface area contributed by atoms with E-state index in [0.29, 0.717) is 19.1 Å². The van der Waals surface area contributed by atoms with Crippen LogP contribution in [0.4, 0.5) is 4.79 Å². The van der Waals surface area contributed by atoms with Crippen LogP contribution in [0.3, 0.4) is 0 Å². The highest BCUT2D eigenvalue weighted by Gasteiger charge is 2.36. The van der Waals surface area contributed by atoms with Crippen LogP contribution >= 0.6 is 0 Å². The van der Waals surface area contributed by atoms with Crippen molar-refractivity contribution in [3.8, 4) is 0 Å². The first-order valence-corrected chi connectivity index (χ1v) is 11.1. The summed E-state index contributed by atoms with van der Waals surface area (Å²) in [6.45, 7) is 13.9. The van der Waals surface area contributed by atoms with Crippen molar-refractivity contribution in [3.05, 3.63) is 35.4 Å². The number of rotatable bonds is 3. The molecular formula is C23H35N5O2. The van der Waals surface area contributed by atoms with Gasteiger partial charge in [-0.15, -0.1) is 0 Å². The van der Waals surface area contributed by atoms with Crippen molar-refractivity contribution in [2.45, 2.75) is 58.3 Å². The van der Waals surface area contributed by atoms with Gasteiger partial charge in [0.15, 0.2) is 5.96 Å². The van der Waals surface area contributed by atoms with E-state index in [2.05, 4.69) is 46.3 Å². The fourth-order valence-corrected chi connectivity index (χ4v) is 4.48. The molecule has 1 aromatic rings. The molecule has 3 aliphatic rings. The number of fused-ring (bicyclic) bond motifs is 2. The molecule has 164 valence electrons. The minimum atomic E-state index is -0.460. The Morgan fingerprint density at radius 2 is 2.00 bits per heavy atom. The van der Waals surface area contributed by atoms with Gasteiger partial charge in [-0.05, 0) is 45.2 Å². The highest BCUT2D eigenvalue weighted by Crippen LogP contribution is 2.21. The summed E-state index contributed by atoms with van der Waals surface area (Å²) >= 11 is 0. The van der Waals surface area contributed by atoms with Gasteiger partial charge in [-0.3, -0.25) is 9.89 Å². The lowest BCUT2D eigenvalue weighted by Gasteiger charge is -2.39. The first-order chi connectivity index (χ1) is 14.3. The maximum Gasteiger partial charge on any atom is 0.410 e. The molecule has 0 aromatic heterocycles. The summed E-state index contributed by atoms with van der Waals surface area (Å²) in [5.41, 5.74) is 2.48. The topological polar surface area (TPSA) is 60.4 Å². The molecule has 0 saturated carbocycles. The molecule has 2 unspecified atom stereocenters. The second kappa shape index (κ2) is 8.46. The Hall–Kier alpha value is -2.28. The molecule has 7 nitrogen and oxygen atoms in total. The van der Waals surface area contributed by atoms with E-state index in [1.807, 2.05) is 25.7 Å². The molecule has 1 aromatic carbocycles. The van der Waals surface area contributed by atoms with Gasteiger partial charge >= 0.3 is 6.09 Å². The normalized spacial score (nSPS) is 22.8. The van der Waals surface area contributed by atoms with Gasteiger partial charge in [-0.1, -0.05) is 24.3 Å². The summed E-state index contributed by atoms with van der Waals surface area (Å²) in [7, 11) is 0. The highest BCUT2D eigenvalue weighted by atomic mass is 16.6. The SMILES string of the molecule is CC(CNC1=NCC2CN(C(=O)OC(C)(C)C)CCN12)N1CCc2ccccc2C1. The van der Waals surface area contributed by atoms with Gasteiger partial charge in [-0.25, -0.2) is 4.79 Å². The van der Waals surface area contributed by atoms with Crippen molar-refractivity contribution in [1.82, 2.24) is 20.0 Å². The number of ether oxygens (including phenoxy) is 1. The van der Waals surface area contributed by atoms with Crippen molar-refractivity contribution < 1.29 is 9.53 Å². The van der Waals surface area contributed by atoms with E-state index < -0.39 is 5.60 Å². The van der Waals surface area contributed by atoms with E-state index >= 15 is 0 Å². The molecule has 3 aliphatic heterocycles. The number of carbonyl (C=O) groups is 1. The lowest BCUT2D eigenvalue weighted by Crippen LogP contribution is -2.58. The van der Waals surface area contributed by atoms with Crippen molar-refractivity contribution in [2.75, 3.05) is 39.3 Å². The number of benzene rings is 1. The van der Waals surface area contributed by atoms with Gasteiger partial charge < -0.3 is 19.9 Å². The lowest BCUT2D eigenvalue weighted by molar-refractivity contribution is 0.0137. The molecule has 0 bridgehead atoms. The Morgan fingerprint density at radius 1 is 1.23 bits per heavy atom. The van der Waals surface area contributed by atoms with Crippen LogP contribution in [0.15, 0.2) is 29.3 Å². The van der Waals surface area contributed by atoms with Crippen LogP contribution < -0.4 is 5.32 Å². The zero-order chi connectivity index (χ0) is 21.3. The van der Waals surface area contributed by atoms with Gasteiger partial charge in [-0.2, -0.15) is 0 Å². The fourth-order valence-electron chi connectivity index (χ4n) is 4.48. The van der Waals surface area contributed by atoms with Crippen LogP contribution in [-0.2, 0) is 17.7 Å². The third-order valence-corrected chi connectivity index (χ3v) is 6.20. The van der Waals surface area contributed by atoms with Crippen molar-refractivity contribution in [3.63, 3.8) is 0 Å². The largest absolute Gasteiger partial charge is 0.444 e. The third kappa shape index (κ3) is 4.72. The molecule has 0 aliphatic carbocycles. The molecule has 3 heterocycles. The van der Waals surface area contributed by atoms with E-state index in [1.54, 1.807) is 0 Å². The third-order valence-electron chi connectivity index (χ3n) is 6.20. The molecule has 1 fully saturated rings. The molecule has 4 rings (SSSR count). The van der Waals surface area contributed by atoms with Gasteiger partial charge in [0, 0.05) is 45.3 Å².